The van der Waals surface area contributed by atoms with Crippen molar-refractivity contribution in [1.29, 1.82) is 0 Å². The highest BCUT2D eigenvalue weighted by molar-refractivity contribution is 7.25. The maximum atomic E-state index is 5.42. The molecule has 0 atom stereocenters. The van der Waals surface area contributed by atoms with Crippen LogP contribution in [0.4, 0.5) is 0 Å². The van der Waals surface area contributed by atoms with Gasteiger partial charge in [-0.15, -0.1) is 11.3 Å². The molecular formula is C53H36N2S. The van der Waals surface area contributed by atoms with Crippen molar-refractivity contribution >= 4 is 42.3 Å². The van der Waals surface area contributed by atoms with Crippen LogP contribution >= 0.6 is 11.3 Å². The van der Waals surface area contributed by atoms with Gasteiger partial charge in [0.1, 0.15) is 0 Å². The number of fused-ring (bicyclic) bond motifs is 7. The number of thiophene rings is 1. The molecule has 3 heteroatoms. The first-order chi connectivity index (χ1) is 27.5. The van der Waals surface area contributed by atoms with Gasteiger partial charge < -0.3 is 0 Å². The Morgan fingerprint density at radius 1 is 0.375 bits per heavy atom. The van der Waals surface area contributed by atoms with E-state index in [1.807, 2.05) is 11.3 Å². The number of hydrogen-bond donors (Lipinski definition) is 0. The van der Waals surface area contributed by atoms with E-state index in [4.69, 9.17) is 9.97 Å². The normalized spacial score (nSPS) is 13.0. The molecule has 0 amide bonds. The van der Waals surface area contributed by atoms with Crippen molar-refractivity contribution in [1.82, 2.24) is 9.97 Å². The molecule has 0 aliphatic heterocycles. The van der Waals surface area contributed by atoms with Gasteiger partial charge in [-0.05, 0) is 97.7 Å². The first-order valence-corrected chi connectivity index (χ1v) is 20.0. The molecule has 1 aliphatic rings. The zero-order valence-corrected chi connectivity index (χ0v) is 31.9. The number of rotatable bonds is 5. The van der Waals surface area contributed by atoms with Crippen LogP contribution in [0.2, 0.25) is 0 Å². The molecule has 0 N–H and O–H groups in total. The third-order valence-electron chi connectivity index (χ3n) is 11.7. The molecule has 11 rings (SSSR count). The minimum atomic E-state index is -0.120. The van der Waals surface area contributed by atoms with Crippen LogP contribution in [0.15, 0.2) is 182 Å². The van der Waals surface area contributed by atoms with Crippen LogP contribution in [0.25, 0.3) is 98.2 Å². The Morgan fingerprint density at radius 2 is 1.00 bits per heavy atom. The summed E-state index contributed by atoms with van der Waals surface area (Å²) in [5, 5.41) is 4.92. The van der Waals surface area contributed by atoms with Crippen molar-refractivity contribution in [2.24, 2.45) is 0 Å². The molecule has 2 nitrogen and oxygen atoms in total. The molecule has 10 aromatic rings. The maximum Gasteiger partial charge on any atom is 0.161 e. The highest BCUT2D eigenvalue weighted by Crippen LogP contribution is 2.49. The molecule has 2 heterocycles. The lowest BCUT2D eigenvalue weighted by molar-refractivity contribution is 0.660. The van der Waals surface area contributed by atoms with Crippen molar-refractivity contribution in [3.8, 4) is 67.3 Å². The molecule has 56 heavy (non-hydrogen) atoms. The van der Waals surface area contributed by atoms with Crippen LogP contribution in [0, 0.1) is 0 Å². The molecule has 0 unspecified atom stereocenters. The van der Waals surface area contributed by atoms with Crippen LogP contribution < -0.4 is 0 Å². The number of benzene rings is 8. The molecule has 8 aromatic carbocycles. The van der Waals surface area contributed by atoms with Gasteiger partial charge in [-0.25, -0.2) is 9.97 Å². The summed E-state index contributed by atoms with van der Waals surface area (Å²) in [6, 6.07) is 66.0. The Bertz CT molecular complexity index is 3170. The fourth-order valence-electron chi connectivity index (χ4n) is 8.79. The summed E-state index contributed by atoms with van der Waals surface area (Å²) >= 11 is 1.86. The van der Waals surface area contributed by atoms with Crippen LogP contribution in [-0.2, 0) is 5.41 Å². The van der Waals surface area contributed by atoms with Gasteiger partial charge in [0.25, 0.3) is 0 Å². The fourth-order valence-corrected chi connectivity index (χ4v) is 9.94. The summed E-state index contributed by atoms with van der Waals surface area (Å²) in [7, 11) is 0. The third-order valence-corrected chi connectivity index (χ3v) is 12.8. The summed E-state index contributed by atoms with van der Waals surface area (Å²) in [5.41, 5.74) is 14.8. The second-order valence-electron chi connectivity index (χ2n) is 15.4. The van der Waals surface area contributed by atoms with Gasteiger partial charge in [0.2, 0.25) is 0 Å². The summed E-state index contributed by atoms with van der Waals surface area (Å²) in [6.07, 6.45) is 0. The number of aromatic nitrogens is 2. The van der Waals surface area contributed by atoms with E-state index in [0.29, 0.717) is 0 Å². The van der Waals surface area contributed by atoms with Gasteiger partial charge in [0.15, 0.2) is 5.82 Å². The Hall–Kier alpha value is -6.68. The fraction of sp³-hybridized carbons (Fsp3) is 0.0566. The SMILES string of the molecule is CC1(C)c2ccccc2-c2ccc(-c3cc(-c4cc(-c5ccccc5)cc(-c5ccc6c(c5)sc5ccccc56)c4)nc(-c4cccc5ccccc45)n3)cc21. The summed E-state index contributed by atoms with van der Waals surface area (Å²) in [5.74, 6) is 0.718. The van der Waals surface area contributed by atoms with Crippen LogP contribution in [0.5, 0.6) is 0 Å². The molecule has 0 saturated heterocycles. The van der Waals surface area contributed by atoms with E-state index < -0.39 is 0 Å². The highest BCUT2D eigenvalue weighted by Gasteiger charge is 2.35. The lowest BCUT2D eigenvalue weighted by Crippen LogP contribution is -2.14. The van der Waals surface area contributed by atoms with Gasteiger partial charge in [0, 0.05) is 42.3 Å². The van der Waals surface area contributed by atoms with Crippen molar-refractivity contribution in [3.63, 3.8) is 0 Å². The molecule has 0 radical (unpaired) electrons. The Labute approximate surface area is 330 Å². The van der Waals surface area contributed by atoms with Crippen LogP contribution in [0.1, 0.15) is 25.0 Å². The lowest BCUT2D eigenvalue weighted by atomic mass is 9.82. The largest absolute Gasteiger partial charge is 0.228 e. The van der Waals surface area contributed by atoms with E-state index in [1.165, 1.54) is 58.9 Å². The van der Waals surface area contributed by atoms with Crippen molar-refractivity contribution < 1.29 is 0 Å². The van der Waals surface area contributed by atoms with Gasteiger partial charge in [-0.1, -0.05) is 153 Å². The molecular weight excluding hydrogens is 697 g/mol. The van der Waals surface area contributed by atoms with Gasteiger partial charge >= 0.3 is 0 Å². The Kier molecular flexibility index (Phi) is 7.42. The van der Waals surface area contributed by atoms with Crippen molar-refractivity contribution in [2.45, 2.75) is 19.3 Å². The zero-order valence-electron chi connectivity index (χ0n) is 31.1. The Balaban J connectivity index is 1.13. The van der Waals surface area contributed by atoms with Crippen LogP contribution in [0.3, 0.4) is 0 Å². The number of nitrogens with zero attached hydrogens (tertiary/aromatic N) is 2. The molecule has 0 spiro atoms. The monoisotopic (exact) mass is 732 g/mol. The summed E-state index contributed by atoms with van der Waals surface area (Å²) in [6.45, 7) is 4.67. The van der Waals surface area contributed by atoms with Gasteiger partial charge in [-0.3, -0.25) is 0 Å². The van der Waals surface area contributed by atoms with E-state index in [9.17, 15) is 0 Å². The smallest absolute Gasteiger partial charge is 0.161 e. The average molecular weight is 733 g/mol. The van der Waals surface area contributed by atoms with E-state index in [0.717, 1.165) is 50.4 Å². The summed E-state index contributed by atoms with van der Waals surface area (Å²) in [4.78, 5) is 10.8. The predicted molar refractivity (Wildman–Crippen MR) is 237 cm³/mol. The van der Waals surface area contributed by atoms with Crippen molar-refractivity contribution in [3.05, 3.63) is 193 Å². The molecule has 0 fully saturated rings. The van der Waals surface area contributed by atoms with Gasteiger partial charge in [-0.2, -0.15) is 0 Å². The molecule has 2 aromatic heterocycles. The maximum absolute atomic E-state index is 5.42. The molecule has 264 valence electrons. The Morgan fingerprint density at radius 3 is 1.88 bits per heavy atom. The summed E-state index contributed by atoms with van der Waals surface area (Å²) < 4.78 is 2.60. The molecule has 1 aliphatic carbocycles. The first kappa shape index (κ1) is 32.7. The molecule has 0 saturated carbocycles. The average Bonchev–Trinajstić information content (AvgIpc) is 3.74. The van der Waals surface area contributed by atoms with Crippen LogP contribution in [-0.4, -0.2) is 9.97 Å². The highest BCUT2D eigenvalue weighted by atomic mass is 32.1. The minimum absolute atomic E-state index is 0.120. The molecule has 0 bridgehead atoms. The minimum Gasteiger partial charge on any atom is -0.228 e. The topological polar surface area (TPSA) is 25.8 Å². The van der Waals surface area contributed by atoms with E-state index in [-0.39, 0.29) is 5.41 Å². The standard InChI is InChI=1S/C53H36N2S/c1-53(2)46-21-10-8-18-41(46)42-25-24-36(30-47(42)53)48-32-49(55-52(54-48)45-20-12-16-34-15-6-7-17-40(34)45)39-28-37(33-13-4-3-5-14-33)27-38(29-39)35-23-26-44-43-19-9-11-22-50(43)56-51(44)31-35/h3-32H,1-2H3. The first-order valence-electron chi connectivity index (χ1n) is 19.2. The zero-order chi connectivity index (χ0) is 37.4. The second kappa shape index (κ2) is 12.7. The predicted octanol–water partition coefficient (Wildman–Crippen LogP) is 14.6. The lowest BCUT2D eigenvalue weighted by Gasteiger charge is -2.22. The van der Waals surface area contributed by atoms with E-state index in [1.54, 1.807) is 0 Å². The van der Waals surface area contributed by atoms with E-state index in [2.05, 4.69) is 196 Å². The second-order valence-corrected chi connectivity index (χ2v) is 16.5. The van der Waals surface area contributed by atoms with Gasteiger partial charge in [0.05, 0.1) is 11.4 Å². The number of hydrogen-bond acceptors (Lipinski definition) is 3. The van der Waals surface area contributed by atoms with Crippen molar-refractivity contribution in [2.75, 3.05) is 0 Å². The van der Waals surface area contributed by atoms with E-state index >= 15 is 0 Å². The quantitative estimate of drug-likeness (QED) is 0.176. The third kappa shape index (κ3) is 5.31.